The molecule has 0 aromatic heterocycles. The van der Waals surface area contributed by atoms with Crippen molar-refractivity contribution < 1.29 is 9.53 Å². The Morgan fingerprint density at radius 2 is 2.05 bits per heavy atom. The van der Waals surface area contributed by atoms with Gasteiger partial charge < -0.3 is 10.5 Å². The van der Waals surface area contributed by atoms with E-state index in [4.69, 9.17) is 10.5 Å². The lowest BCUT2D eigenvalue weighted by atomic mass is 9.90. The van der Waals surface area contributed by atoms with Crippen LogP contribution in [0.1, 0.15) is 12.0 Å². The molecular formula is C15H19NO2S. The molecule has 2 rings (SSSR count). The molecule has 3 nitrogen and oxygen atoms in total. The normalized spacial score (nSPS) is 26.3. The number of aryl methyl sites for hydroxylation is 1. The maximum absolute atomic E-state index is 11.7. The lowest BCUT2D eigenvalue weighted by molar-refractivity contribution is -0.125. The standard InChI is InChI=1S/C15H19NO2S/c1-10-6-8-11(9-7-10)19-13-5-3-4-12(18-2)14(13)15(16)17/h3-4,6-9,12-14H,5H2,1-2H3,(H2,16,17)/t12-,13+,14-/m1/s1. The van der Waals surface area contributed by atoms with Gasteiger partial charge in [0.1, 0.15) is 0 Å². The van der Waals surface area contributed by atoms with E-state index in [1.807, 2.05) is 6.08 Å². The number of methoxy groups -OCH3 is 1. The van der Waals surface area contributed by atoms with Crippen molar-refractivity contribution in [1.82, 2.24) is 0 Å². The fraction of sp³-hybridized carbons (Fsp3) is 0.400. The van der Waals surface area contributed by atoms with Crippen molar-refractivity contribution in [3.63, 3.8) is 0 Å². The lowest BCUT2D eigenvalue weighted by Gasteiger charge is -2.31. The molecular weight excluding hydrogens is 258 g/mol. The van der Waals surface area contributed by atoms with Gasteiger partial charge in [0.25, 0.3) is 0 Å². The minimum atomic E-state index is -0.291. The van der Waals surface area contributed by atoms with Crippen LogP contribution in [0.5, 0.6) is 0 Å². The molecule has 0 radical (unpaired) electrons. The van der Waals surface area contributed by atoms with Gasteiger partial charge in [-0.05, 0) is 25.5 Å². The number of primary amides is 1. The molecule has 19 heavy (non-hydrogen) atoms. The largest absolute Gasteiger partial charge is 0.377 e. The lowest BCUT2D eigenvalue weighted by Crippen LogP contribution is -2.42. The van der Waals surface area contributed by atoms with E-state index in [1.165, 1.54) is 5.56 Å². The minimum Gasteiger partial charge on any atom is -0.377 e. The number of thioether (sulfide) groups is 1. The molecule has 1 aliphatic rings. The molecule has 0 saturated carbocycles. The van der Waals surface area contributed by atoms with E-state index in [0.717, 1.165) is 11.3 Å². The molecule has 0 unspecified atom stereocenters. The molecule has 1 amide bonds. The molecule has 0 heterocycles. The summed E-state index contributed by atoms with van der Waals surface area (Å²) in [5.41, 5.74) is 6.77. The van der Waals surface area contributed by atoms with Gasteiger partial charge in [0, 0.05) is 17.3 Å². The number of hydrogen-bond acceptors (Lipinski definition) is 3. The number of carbonyl (C=O) groups excluding carboxylic acids is 1. The van der Waals surface area contributed by atoms with Crippen LogP contribution in [0, 0.1) is 12.8 Å². The number of amides is 1. The Morgan fingerprint density at radius 3 is 2.63 bits per heavy atom. The summed E-state index contributed by atoms with van der Waals surface area (Å²) in [6, 6.07) is 8.32. The fourth-order valence-corrected chi connectivity index (χ4v) is 3.59. The topological polar surface area (TPSA) is 52.3 Å². The van der Waals surface area contributed by atoms with Crippen molar-refractivity contribution in [3.8, 4) is 0 Å². The van der Waals surface area contributed by atoms with Crippen molar-refractivity contribution in [3.05, 3.63) is 42.0 Å². The third-order valence-corrected chi connectivity index (χ3v) is 4.69. The molecule has 0 spiro atoms. The smallest absolute Gasteiger partial charge is 0.224 e. The Morgan fingerprint density at radius 1 is 1.37 bits per heavy atom. The number of hydrogen-bond donors (Lipinski definition) is 1. The van der Waals surface area contributed by atoms with E-state index in [1.54, 1.807) is 18.9 Å². The van der Waals surface area contributed by atoms with Crippen molar-refractivity contribution in [1.29, 1.82) is 0 Å². The van der Waals surface area contributed by atoms with Crippen LogP contribution in [0.15, 0.2) is 41.3 Å². The van der Waals surface area contributed by atoms with Gasteiger partial charge in [0.15, 0.2) is 0 Å². The van der Waals surface area contributed by atoms with Crippen LogP contribution in [0.4, 0.5) is 0 Å². The fourth-order valence-electron chi connectivity index (χ4n) is 2.31. The quantitative estimate of drug-likeness (QED) is 0.860. The highest BCUT2D eigenvalue weighted by atomic mass is 32.2. The maximum atomic E-state index is 11.7. The van der Waals surface area contributed by atoms with E-state index in [0.29, 0.717) is 0 Å². The summed E-state index contributed by atoms with van der Waals surface area (Å²) < 4.78 is 5.35. The van der Waals surface area contributed by atoms with Crippen LogP contribution < -0.4 is 5.73 Å². The first-order valence-electron chi connectivity index (χ1n) is 6.34. The molecule has 0 aliphatic heterocycles. The SMILES string of the molecule is CO[C@@H]1C=CC[C@H](Sc2ccc(C)cc2)[C@@H]1C(N)=O. The summed E-state index contributed by atoms with van der Waals surface area (Å²) in [6.07, 6.45) is 4.63. The third-order valence-electron chi connectivity index (χ3n) is 3.36. The van der Waals surface area contributed by atoms with E-state index >= 15 is 0 Å². The van der Waals surface area contributed by atoms with Crippen molar-refractivity contribution >= 4 is 17.7 Å². The monoisotopic (exact) mass is 277 g/mol. The number of allylic oxidation sites excluding steroid dienone is 1. The van der Waals surface area contributed by atoms with Gasteiger partial charge in [-0.2, -0.15) is 0 Å². The molecule has 1 aliphatic carbocycles. The van der Waals surface area contributed by atoms with E-state index in [-0.39, 0.29) is 23.2 Å². The first-order chi connectivity index (χ1) is 9.11. The predicted molar refractivity (Wildman–Crippen MR) is 78.1 cm³/mol. The number of ether oxygens (including phenoxy) is 1. The van der Waals surface area contributed by atoms with Crippen molar-refractivity contribution in [2.75, 3.05) is 7.11 Å². The zero-order valence-electron chi connectivity index (χ0n) is 11.2. The first kappa shape index (κ1) is 14.2. The highest BCUT2D eigenvalue weighted by molar-refractivity contribution is 8.00. The molecule has 2 N–H and O–H groups in total. The zero-order valence-corrected chi connectivity index (χ0v) is 12.0. The number of rotatable bonds is 4. The van der Waals surface area contributed by atoms with Crippen LogP contribution in [0.25, 0.3) is 0 Å². The Hall–Kier alpha value is -1.26. The van der Waals surface area contributed by atoms with Gasteiger partial charge in [-0.25, -0.2) is 0 Å². The van der Waals surface area contributed by atoms with Gasteiger partial charge in [-0.15, -0.1) is 11.8 Å². The van der Waals surface area contributed by atoms with Gasteiger partial charge in [-0.3, -0.25) is 4.79 Å². The highest BCUT2D eigenvalue weighted by Crippen LogP contribution is 2.36. The van der Waals surface area contributed by atoms with Crippen molar-refractivity contribution in [2.24, 2.45) is 11.7 Å². The second-order valence-corrected chi connectivity index (χ2v) is 6.07. The molecule has 4 heteroatoms. The van der Waals surface area contributed by atoms with E-state index in [9.17, 15) is 4.79 Å². The van der Waals surface area contributed by atoms with Crippen LogP contribution in [-0.4, -0.2) is 24.4 Å². The Bertz CT molecular complexity index is 470. The van der Waals surface area contributed by atoms with E-state index < -0.39 is 0 Å². The molecule has 0 saturated heterocycles. The number of carbonyl (C=O) groups is 1. The number of nitrogens with two attached hydrogens (primary N) is 1. The molecule has 0 fully saturated rings. The summed E-state index contributed by atoms with van der Waals surface area (Å²) in [6.45, 7) is 2.06. The van der Waals surface area contributed by atoms with Gasteiger partial charge in [-0.1, -0.05) is 29.8 Å². The van der Waals surface area contributed by atoms with Crippen LogP contribution >= 0.6 is 11.8 Å². The Balaban J connectivity index is 2.15. The third kappa shape index (κ3) is 3.39. The summed E-state index contributed by atoms with van der Waals surface area (Å²) in [4.78, 5) is 12.8. The van der Waals surface area contributed by atoms with Crippen LogP contribution in [-0.2, 0) is 9.53 Å². The first-order valence-corrected chi connectivity index (χ1v) is 7.22. The minimum absolute atomic E-state index is 0.134. The highest BCUT2D eigenvalue weighted by Gasteiger charge is 2.35. The molecule has 3 atom stereocenters. The second kappa shape index (κ2) is 6.26. The van der Waals surface area contributed by atoms with Gasteiger partial charge in [0.05, 0.1) is 12.0 Å². The second-order valence-electron chi connectivity index (χ2n) is 4.76. The van der Waals surface area contributed by atoms with Crippen LogP contribution in [0.3, 0.4) is 0 Å². The molecule has 1 aromatic rings. The number of benzene rings is 1. The summed E-state index contributed by atoms with van der Waals surface area (Å²) in [5, 5.41) is 0.134. The molecule has 0 bridgehead atoms. The zero-order chi connectivity index (χ0) is 13.8. The van der Waals surface area contributed by atoms with Gasteiger partial charge >= 0.3 is 0 Å². The van der Waals surface area contributed by atoms with Gasteiger partial charge in [0.2, 0.25) is 5.91 Å². The average Bonchev–Trinajstić information content (AvgIpc) is 2.40. The summed E-state index contributed by atoms with van der Waals surface area (Å²) in [5.74, 6) is -0.567. The molecule has 1 aromatic carbocycles. The average molecular weight is 277 g/mol. The Labute approximate surface area is 118 Å². The van der Waals surface area contributed by atoms with E-state index in [2.05, 4.69) is 37.3 Å². The van der Waals surface area contributed by atoms with Crippen molar-refractivity contribution in [2.45, 2.75) is 29.6 Å². The Kier molecular flexibility index (Phi) is 4.66. The summed E-state index contributed by atoms with van der Waals surface area (Å²) in [7, 11) is 1.61. The predicted octanol–water partition coefficient (Wildman–Crippen LogP) is 2.53. The maximum Gasteiger partial charge on any atom is 0.224 e. The van der Waals surface area contributed by atoms with Crippen LogP contribution in [0.2, 0.25) is 0 Å². The summed E-state index contributed by atoms with van der Waals surface area (Å²) >= 11 is 1.70. The molecule has 102 valence electrons.